The molecule has 1 aliphatic rings. The van der Waals surface area contributed by atoms with Crippen LogP contribution in [0.2, 0.25) is 0 Å². The third-order valence-corrected chi connectivity index (χ3v) is 5.02. The molecule has 6 heteroatoms. The number of carbonyl (C=O) groups excluding carboxylic acids is 2. The van der Waals surface area contributed by atoms with Gasteiger partial charge in [0.1, 0.15) is 17.5 Å². The van der Waals surface area contributed by atoms with Gasteiger partial charge in [-0.25, -0.2) is 4.39 Å². The fourth-order valence-electron chi connectivity index (χ4n) is 3.67. The Morgan fingerprint density at radius 1 is 1.36 bits per heavy atom. The zero-order chi connectivity index (χ0) is 20.8. The SMILES string of the molecule is C=CCCN1C(CC)=C(C(=O)NCc2ccc(F)cc2)C(=O)C(O)C1C(C)C. The number of rotatable bonds is 8. The number of nitrogens with one attached hydrogen (secondary N) is 1. The number of aliphatic hydroxyl groups is 1. The third kappa shape index (κ3) is 4.68. The van der Waals surface area contributed by atoms with Gasteiger partial charge in [0, 0.05) is 18.8 Å². The van der Waals surface area contributed by atoms with Crippen LogP contribution in [-0.4, -0.2) is 40.4 Å². The summed E-state index contributed by atoms with van der Waals surface area (Å²) in [6.07, 6.45) is 1.70. The number of benzene rings is 1. The molecule has 5 nitrogen and oxygen atoms in total. The number of aliphatic hydroxyl groups excluding tert-OH is 1. The van der Waals surface area contributed by atoms with Crippen LogP contribution in [0.5, 0.6) is 0 Å². The van der Waals surface area contributed by atoms with Gasteiger partial charge >= 0.3 is 0 Å². The number of allylic oxidation sites excluding steroid dienone is 1. The van der Waals surface area contributed by atoms with Crippen LogP contribution < -0.4 is 5.32 Å². The van der Waals surface area contributed by atoms with E-state index in [2.05, 4.69) is 11.9 Å². The van der Waals surface area contributed by atoms with Crippen molar-refractivity contribution < 1.29 is 19.1 Å². The Balaban J connectivity index is 2.33. The monoisotopic (exact) mass is 388 g/mol. The Labute approximate surface area is 165 Å². The highest BCUT2D eigenvalue weighted by molar-refractivity contribution is 6.22. The lowest BCUT2D eigenvalue weighted by atomic mass is 9.84. The van der Waals surface area contributed by atoms with E-state index in [1.165, 1.54) is 12.1 Å². The van der Waals surface area contributed by atoms with E-state index in [0.717, 1.165) is 5.56 Å². The van der Waals surface area contributed by atoms with Crippen LogP contribution in [0.4, 0.5) is 4.39 Å². The maximum Gasteiger partial charge on any atom is 0.257 e. The van der Waals surface area contributed by atoms with Gasteiger partial charge < -0.3 is 15.3 Å². The van der Waals surface area contributed by atoms with Crippen molar-refractivity contribution in [1.82, 2.24) is 10.2 Å². The molecule has 2 unspecified atom stereocenters. The number of Topliss-reactive ketones (excluding diaryl/α,β-unsaturated/α-hetero) is 1. The minimum Gasteiger partial charge on any atom is -0.383 e. The first-order valence-electron chi connectivity index (χ1n) is 9.67. The maximum absolute atomic E-state index is 13.0. The summed E-state index contributed by atoms with van der Waals surface area (Å²) in [5, 5.41) is 13.4. The average molecular weight is 388 g/mol. The molecule has 2 rings (SSSR count). The van der Waals surface area contributed by atoms with Gasteiger partial charge in [0.15, 0.2) is 0 Å². The van der Waals surface area contributed by atoms with Gasteiger partial charge in [0.2, 0.25) is 5.78 Å². The second-order valence-corrected chi connectivity index (χ2v) is 7.30. The average Bonchev–Trinajstić information content (AvgIpc) is 2.67. The first-order valence-corrected chi connectivity index (χ1v) is 9.67. The van der Waals surface area contributed by atoms with Crippen molar-refractivity contribution in [3.05, 3.63) is 59.6 Å². The molecule has 0 radical (unpaired) electrons. The van der Waals surface area contributed by atoms with Gasteiger partial charge in [0.25, 0.3) is 5.91 Å². The van der Waals surface area contributed by atoms with E-state index in [4.69, 9.17) is 0 Å². The minimum atomic E-state index is -1.26. The summed E-state index contributed by atoms with van der Waals surface area (Å²) >= 11 is 0. The summed E-state index contributed by atoms with van der Waals surface area (Å²) in [4.78, 5) is 27.7. The highest BCUT2D eigenvalue weighted by Crippen LogP contribution is 2.31. The molecule has 1 aromatic rings. The Hall–Kier alpha value is -2.47. The van der Waals surface area contributed by atoms with Crippen molar-refractivity contribution in [2.45, 2.75) is 52.3 Å². The topological polar surface area (TPSA) is 69.6 Å². The Morgan fingerprint density at radius 3 is 2.54 bits per heavy atom. The molecule has 0 fully saturated rings. The first-order chi connectivity index (χ1) is 13.3. The minimum absolute atomic E-state index is 0.0121. The van der Waals surface area contributed by atoms with Crippen molar-refractivity contribution in [3.63, 3.8) is 0 Å². The van der Waals surface area contributed by atoms with Gasteiger partial charge in [0.05, 0.1) is 6.04 Å². The standard InChI is InChI=1S/C22H29FN2O3/c1-5-7-12-25-17(6-2)18(20(26)21(27)19(25)14(3)4)22(28)24-13-15-8-10-16(23)11-9-15/h5,8-11,14,19,21,27H,1,6-7,12-13H2,2-4H3,(H,24,28). The summed E-state index contributed by atoms with van der Waals surface area (Å²) in [6.45, 7) is 10.3. The molecule has 1 amide bonds. The van der Waals surface area contributed by atoms with Gasteiger partial charge in [-0.15, -0.1) is 6.58 Å². The number of hydrogen-bond donors (Lipinski definition) is 2. The number of amides is 1. The van der Waals surface area contributed by atoms with Crippen LogP contribution in [0.1, 0.15) is 39.2 Å². The van der Waals surface area contributed by atoms with E-state index in [1.54, 1.807) is 18.2 Å². The highest BCUT2D eigenvalue weighted by Gasteiger charge is 2.43. The van der Waals surface area contributed by atoms with Crippen LogP contribution in [0.25, 0.3) is 0 Å². The first kappa shape index (κ1) is 21.8. The third-order valence-electron chi connectivity index (χ3n) is 5.02. The lowest BCUT2D eigenvalue weighted by molar-refractivity contribution is -0.133. The smallest absolute Gasteiger partial charge is 0.257 e. The second kappa shape index (κ2) is 9.64. The molecular weight excluding hydrogens is 359 g/mol. The molecule has 1 aliphatic heterocycles. The predicted molar refractivity (Wildman–Crippen MR) is 107 cm³/mol. The molecule has 0 saturated carbocycles. The molecule has 2 atom stereocenters. The molecule has 0 saturated heterocycles. The maximum atomic E-state index is 13.0. The van der Waals surface area contributed by atoms with Crippen LogP contribution in [-0.2, 0) is 16.1 Å². The van der Waals surface area contributed by atoms with E-state index in [1.807, 2.05) is 25.7 Å². The fourth-order valence-corrected chi connectivity index (χ4v) is 3.67. The lowest BCUT2D eigenvalue weighted by Gasteiger charge is -2.44. The quantitative estimate of drug-likeness (QED) is 0.531. The highest BCUT2D eigenvalue weighted by atomic mass is 19.1. The molecule has 28 heavy (non-hydrogen) atoms. The van der Waals surface area contributed by atoms with Crippen molar-refractivity contribution in [2.75, 3.05) is 6.54 Å². The summed E-state index contributed by atoms with van der Waals surface area (Å²) in [7, 11) is 0. The van der Waals surface area contributed by atoms with E-state index >= 15 is 0 Å². The molecule has 0 bridgehead atoms. The van der Waals surface area contributed by atoms with E-state index in [9.17, 15) is 19.1 Å². The Bertz CT molecular complexity index is 756. The molecule has 0 aliphatic carbocycles. The zero-order valence-corrected chi connectivity index (χ0v) is 16.7. The summed E-state index contributed by atoms with van der Waals surface area (Å²) in [6, 6.07) is 5.41. The van der Waals surface area contributed by atoms with Crippen LogP contribution >= 0.6 is 0 Å². The Kier molecular flexibility index (Phi) is 7.52. The van der Waals surface area contributed by atoms with E-state index in [-0.39, 0.29) is 29.9 Å². The summed E-state index contributed by atoms with van der Waals surface area (Å²) < 4.78 is 13.0. The number of halogens is 1. The zero-order valence-electron chi connectivity index (χ0n) is 16.7. The molecule has 0 spiro atoms. The Morgan fingerprint density at radius 2 is 2.00 bits per heavy atom. The number of carbonyl (C=O) groups is 2. The lowest BCUT2D eigenvalue weighted by Crippen LogP contribution is -2.56. The predicted octanol–water partition coefficient (Wildman–Crippen LogP) is 2.95. The van der Waals surface area contributed by atoms with Crippen LogP contribution in [0, 0.1) is 11.7 Å². The molecule has 1 heterocycles. The van der Waals surface area contributed by atoms with E-state index in [0.29, 0.717) is 25.1 Å². The summed E-state index contributed by atoms with van der Waals surface area (Å²) in [5.74, 6) is -1.37. The molecule has 152 valence electrons. The molecule has 2 N–H and O–H groups in total. The number of ketones is 1. The van der Waals surface area contributed by atoms with Crippen LogP contribution in [0.3, 0.4) is 0 Å². The number of hydrogen-bond acceptors (Lipinski definition) is 4. The van der Waals surface area contributed by atoms with Crippen molar-refractivity contribution >= 4 is 11.7 Å². The normalized spacial score (nSPS) is 19.9. The van der Waals surface area contributed by atoms with Gasteiger partial charge in [-0.2, -0.15) is 0 Å². The van der Waals surface area contributed by atoms with Gasteiger partial charge in [-0.3, -0.25) is 9.59 Å². The van der Waals surface area contributed by atoms with E-state index < -0.39 is 17.8 Å². The van der Waals surface area contributed by atoms with Crippen molar-refractivity contribution in [2.24, 2.45) is 5.92 Å². The van der Waals surface area contributed by atoms with Gasteiger partial charge in [-0.05, 0) is 36.5 Å². The van der Waals surface area contributed by atoms with Crippen molar-refractivity contribution in [3.8, 4) is 0 Å². The second-order valence-electron chi connectivity index (χ2n) is 7.30. The molecule has 0 aromatic heterocycles. The molecular formula is C22H29FN2O3. The fraction of sp³-hybridized carbons (Fsp3) is 0.455. The largest absolute Gasteiger partial charge is 0.383 e. The van der Waals surface area contributed by atoms with Crippen molar-refractivity contribution in [1.29, 1.82) is 0 Å². The van der Waals surface area contributed by atoms with Crippen LogP contribution in [0.15, 0.2) is 48.2 Å². The summed E-state index contributed by atoms with van der Waals surface area (Å²) in [5.41, 5.74) is 1.38. The number of nitrogens with zero attached hydrogens (tertiary/aromatic N) is 1. The molecule has 1 aromatic carbocycles. The van der Waals surface area contributed by atoms with Gasteiger partial charge in [-0.1, -0.05) is 39.0 Å².